The Kier molecular flexibility index (Phi) is 8.68. The van der Waals surface area contributed by atoms with Gasteiger partial charge in [-0.25, -0.2) is 9.59 Å². The molecule has 200 valence electrons. The molecule has 0 aromatic heterocycles. The zero-order chi connectivity index (χ0) is 27.8. The van der Waals surface area contributed by atoms with E-state index in [1.807, 2.05) is 135 Å². The fraction of sp³-hybridized carbons (Fsp3) is 0.161. The zero-order valence-electron chi connectivity index (χ0n) is 22.7. The Labute approximate surface area is 229 Å². The van der Waals surface area contributed by atoms with Crippen LogP contribution in [0.3, 0.4) is 0 Å². The van der Waals surface area contributed by atoms with Crippen molar-refractivity contribution in [3.63, 3.8) is 0 Å². The van der Waals surface area contributed by atoms with Gasteiger partial charge >= 0.3 is 12.1 Å². The van der Waals surface area contributed by atoms with Crippen LogP contribution in [0.25, 0.3) is 0 Å². The average molecular weight is 523 g/mol. The molecule has 4 N–H and O–H groups in total. The predicted molar refractivity (Wildman–Crippen MR) is 163 cm³/mol. The van der Waals surface area contributed by atoms with Crippen LogP contribution in [0.4, 0.5) is 43.7 Å². The Morgan fingerprint density at radius 1 is 0.462 bits per heavy atom. The van der Waals surface area contributed by atoms with Crippen LogP contribution in [0.2, 0.25) is 0 Å². The lowest BCUT2D eigenvalue weighted by Crippen LogP contribution is -2.19. The summed E-state index contributed by atoms with van der Waals surface area (Å²) in [6.07, 6.45) is 0.732. The van der Waals surface area contributed by atoms with Gasteiger partial charge in [-0.05, 0) is 90.3 Å². The van der Waals surface area contributed by atoms with Gasteiger partial charge in [-0.1, -0.05) is 24.3 Å². The number of carbonyl (C=O) groups excluding carboxylic acids is 2. The van der Waals surface area contributed by atoms with Gasteiger partial charge in [0, 0.05) is 62.3 Å². The molecule has 0 aliphatic carbocycles. The van der Waals surface area contributed by atoms with Crippen LogP contribution in [0, 0.1) is 0 Å². The van der Waals surface area contributed by atoms with Gasteiger partial charge in [-0.2, -0.15) is 0 Å². The summed E-state index contributed by atoms with van der Waals surface area (Å²) >= 11 is 0. The van der Waals surface area contributed by atoms with Crippen molar-refractivity contribution in [2.45, 2.75) is 6.42 Å². The molecule has 4 rings (SSSR count). The van der Waals surface area contributed by atoms with Gasteiger partial charge in [0.15, 0.2) is 0 Å². The van der Waals surface area contributed by atoms with E-state index in [9.17, 15) is 9.59 Å². The number of hydrogen-bond acceptors (Lipinski definition) is 4. The van der Waals surface area contributed by atoms with Crippen molar-refractivity contribution in [3.8, 4) is 0 Å². The normalized spacial score (nSPS) is 10.4. The van der Waals surface area contributed by atoms with E-state index >= 15 is 0 Å². The molecule has 39 heavy (non-hydrogen) atoms. The van der Waals surface area contributed by atoms with Gasteiger partial charge in [-0.15, -0.1) is 0 Å². The highest BCUT2D eigenvalue weighted by Crippen LogP contribution is 2.19. The monoisotopic (exact) mass is 522 g/mol. The highest BCUT2D eigenvalue weighted by atomic mass is 16.2. The molecule has 0 saturated carbocycles. The molecule has 0 bridgehead atoms. The van der Waals surface area contributed by atoms with Crippen molar-refractivity contribution in [1.29, 1.82) is 0 Å². The molecule has 0 unspecified atom stereocenters. The van der Waals surface area contributed by atoms with Crippen molar-refractivity contribution in [3.05, 3.63) is 108 Å². The standard InChI is InChI=1S/C31H34N6O2/c1-36(2)28-17-13-26(14-18-28)34-30(38)32-24-9-5-22(6-10-24)21-23-7-11-25(12-8-23)33-31(39)35-27-15-19-29(20-16-27)37(3)4/h5-20H,21H2,1-4H3,(H2,32,34,38)(H2,33,35,39). The quantitative estimate of drug-likeness (QED) is 0.207. The summed E-state index contributed by atoms with van der Waals surface area (Å²) < 4.78 is 0. The molecule has 4 aromatic carbocycles. The van der Waals surface area contributed by atoms with Crippen LogP contribution in [0.5, 0.6) is 0 Å². The second-order valence-corrected chi connectivity index (χ2v) is 9.61. The van der Waals surface area contributed by atoms with E-state index in [1.165, 1.54) is 0 Å². The molecule has 0 aliphatic heterocycles. The fourth-order valence-electron chi connectivity index (χ4n) is 3.92. The number of hydrogen-bond donors (Lipinski definition) is 4. The van der Waals surface area contributed by atoms with Crippen LogP contribution < -0.4 is 31.1 Å². The van der Waals surface area contributed by atoms with Crippen LogP contribution in [0.1, 0.15) is 11.1 Å². The topological polar surface area (TPSA) is 88.7 Å². The summed E-state index contributed by atoms with van der Waals surface area (Å²) in [5.41, 5.74) is 7.23. The molecule has 8 nitrogen and oxygen atoms in total. The minimum atomic E-state index is -0.293. The van der Waals surface area contributed by atoms with Gasteiger partial charge in [0.2, 0.25) is 0 Å². The highest BCUT2D eigenvalue weighted by molar-refractivity contribution is 6.00. The van der Waals surface area contributed by atoms with E-state index in [2.05, 4.69) is 21.3 Å². The number of nitrogens with zero attached hydrogens (tertiary/aromatic N) is 2. The maximum atomic E-state index is 12.4. The minimum absolute atomic E-state index is 0.293. The van der Waals surface area contributed by atoms with Crippen LogP contribution in [-0.2, 0) is 6.42 Å². The molecular weight excluding hydrogens is 488 g/mol. The van der Waals surface area contributed by atoms with Crippen molar-refractivity contribution < 1.29 is 9.59 Å². The molecule has 0 heterocycles. The maximum absolute atomic E-state index is 12.4. The van der Waals surface area contributed by atoms with Crippen LogP contribution in [0.15, 0.2) is 97.1 Å². The van der Waals surface area contributed by atoms with Crippen molar-refractivity contribution in [2.75, 3.05) is 59.3 Å². The largest absolute Gasteiger partial charge is 0.378 e. The van der Waals surface area contributed by atoms with E-state index in [0.29, 0.717) is 11.4 Å². The smallest absolute Gasteiger partial charge is 0.323 e. The third kappa shape index (κ3) is 8.00. The maximum Gasteiger partial charge on any atom is 0.323 e. The van der Waals surface area contributed by atoms with Crippen LogP contribution >= 0.6 is 0 Å². The number of anilines is 6. The lowest BCUT2D eigenvalue weighted by Gasteiger charge is -2.13. The lowest BCUT2D eigenvalue weighted by atomic mass is 10.0. The number of nitrogens with one attached hydrogen (secondary N) is 4. The van der Waals surface area contributed by atoms with Crippen molar-refractivity contribution in [2.24, 2.45) is 0 Å². The molecule has 8 heteroatoms. The lowest BCUT2D eigenvalue weighted by molar-refractivity contribution is 0.261. The van der Waals surface area contributed by atoms with Gasteiger partial charge in [0.05, 0.1) is 0 Å². The number of rotatable bonds is 8. The summed E-state index contributed by atoms with van der Waals surface area (Å²) in [4.78, 5) is 28.7. The summed E-state index contributed by atoms with van der Waals surface area (Å²) in [6.45, 7) is 0. The first kappa shape index (κ1) is 27.1. The van der Waals surface area contributed by atoms with Gasteiger partial charge < -0.3 is 31.1 Å². The fourth-order valence-corrected chi connectivity index (χ4v) is 3.92. The van der Waals surface area contributed by atoms with Crippen molar-refractivity contribution in [1.82, 2.24) is 0 Å². The highest BCUT2D eigenvalue weighted by Gasteiger charge is 2.06. The third-order valence-electron chi connectivity index (χ3n) is 6.11. The molecular formula is C31H34N6O2. The van der Waals surface area contributed by atoms with E-state index in [0.717, 1.165) is 40.3 Å². The van der Waals surface area contributed by atoms with E-state index < -0.39 is 0 Å². The molecule has 0 saturated heterocycles. The Hall–Kier alpha value is -4.98. The second kappa shape index (κ2) is 12.5. The molecule has 4 amide bonds. The van der Waals surface area contributed by atoms with Gasteiger partial charge in [0.1, 0.15) is 0 Å². The number of benzene rings is 4. The van der Waals surface area contributed by atoms with Crippen LogP contribution in [-0.4, -0.2) is 40.3 Å². The summed E-state index contributed by atoms with van der Waals surface area (Å²) in [6, 6.07) is 30.2. The first-order valence-electron chi connectivity index (χ1n) is 12.6. The molecule has 0 radical (unpaired) electrons. The molecule has 0 atom stereocenters. The Morgan fingerprint density at radius 3 is 0.974 bits per heavy atom. The average Bonchev–Trinajstić information content (AvgIpc) is 2.91. The van der Waals surface area contributed by atoms with E-state index in [-0.39, 0.29) is 12.1 Å². The Balaban J connectivity index is 1.25. The first-order valence-corrected chi connectivity index (χ1v) is 12.6. The number of carbonyl (C=O) groups is 2. The minimum Gasteiger partial charge on any atom is -0.378 e. The number of urea groups is 2. The van der Waals surface area contributed by atoms with Gasteiger partial charge in [0.25, 0.3) is 0 Å². The molecule has 0 fully saturated rings. The molecule has 0 spiro atoms. The molecule has 0 aliphatic rings. The third-order valence-corrected chi connectivity index (χ3v) is 6.11. The predicted octanol–water partition coefficient (Wildman–Crippen LogP) is 6.70. The van der Waals surface area contributed by atoms with E-state index in [4.69, 9.17) is 0 Å². The summed E-state index contributed by atoms with van der Waals surface area (Å²) in [5, 5.41) is 11.4. The zero-order valence-corrected chi connectivity index (χ0v) is 22.7. The Bertz CT molecular complexity index is 1270. The summed E-state index contributed by atoms with van der Waals surface area (Å²) in [7, 11) is 7.89. The van der Waals surface area contributed by atoms with Crippen molar-refractivity contribution >= 4 is 46.2 Å². The SMILES string of the molecule is CN(C)c1ccc(NC(=O)Nc2ccc(Cc3ccc(NC(=O)Nc4ccc(N(C)C)cc4)cc3)cc2)cc1. The summed E-state index contributed by atoms with van der Waals surface area (Å²) in [5.74, 6) is 0. The number of amides is 4. The first-order chi connectivity index (χ1) is 18.7. The second-order valence-electron chi connectivity index (χ2n) is 9.61. The van der Waals surface area contributed by atoms with Gasteiger partial charge in [-0.3, -0.25) is 0 Å². The van der Waals surface area contributed by atoms with E-state index in [1.54, 1.807) is 0 Å². The Morgan fingerprint density at radius 2 is 0.718 bits per heavy atom. The molecule has 4 aromatic rings.